The van der Waals surface area contributed by atoms with Crippen molar-refractivity contribution in [3.63, 3.8) is 0 Å². The van der Waals surface area contributed by atoms with E-state index < -0.39 is 0 Å². The molecule has 0 atom stereocenters. The highest BCUT2D eigenvalue weighted by Crippen LogP contribution is 2.50. The Labute approximate surface area is 381 Å². The third-order valence-electron chi connectivity index (χ3n) is 13.9. The molecule has 2 aliphatic rings. The molecule has 5 nitrogen and oxygen atoms in total. The van der Waals surface area contributed by atoms with Crippen molar-refractivity contribution >= 4 is 90.3 Å². The monoisotopic (exact) mass is 846 g/mol. The Morgan fingerprint density at radius 2 is 1.09 bits per heavy atom. The van der Waals surface area contributed by atoms with E-state index in [9.17, 15) is 0 Å². The highest BCUT2D eigenvalue weighted by atomic mass is 16.3. The molecule has 3 aromatic heterocycles. The Morgan fingerprint density at radius 1 is 0.477 bits per heavy atom. The number of furan rings is 3. The number of nitrogens with zero attached hydrogens (tertiary/aromatic N) is 2. The zero-order valence-corrected chi connectivity index (χ0v) is 38.6. The summed E-state index contributed by atoms with van der Waals surface area (Å²) in [5.74, 6) is 0. The van der Waals surface area contributed by atoms with Crippen LogP contribution in [0.5, 0.6) is 0 Å². The van der Waals surface area contributed by atoms with Crippen LogP contribution in [-0.4, -0.2) is 6.71 Å². The second kappa shape index (κ2) is 13.9. The zero-order valence-electron chi connectivity index (χ0n) is 38.6. The summed E-state index contributed by atoms with van der Waals surface area (Å²) in [5.41, 5.74) is 23.3. The first kappa shape index (κ1) is 39.4. The lowest BCUT2D eigenvalue weighted by atomic mass is 9.35. The molecule has 0 bridgehead atoms. The minimum atomic E-state index is -0.186. The number of fused-ring (bicyclic) bond motifs is 8. The summed E-state index contributed by atoms with van der Waals surface area (Å²) in [4.78, 5) is 5.04. The van der Waals surface area contributed by atoms with E-state index in [1.165, 1.54) is 50.1 Å². The molecule has 0 amide bonds. The summed E-state index contributed by atoms with van der Waals surface area (Å²) in [6.07, 6.45) is 3.79. The lowest BCUT2D eigenvalue weighted by Crippen LogP contribution is -2.61. The maximum Gasteiger partial charge on any atom is 0.297 e. The first-order valence-corrected chi connectivity index (χ1v) is 22.8. The predicted octanol–water partition coefficient (Wildman–Crippen LogP) is 14.9. The predicted molar refractivity (Wildman–Crippen MR) is 272 cm³/mol. The Balaban J connectivity index is 1.17. The number of anilines is 6. The van der Waals surface area contributed by atoms with Crippen LogP contribution >= 0.6 is 0 Å². The summed E-state index contributed by atoms with van der Waals surface area (Å²) in [6.45, 7) is 20.4. The van der Waals surface area contributed by atoms with Crippen LogP contribution in [0.1, 0.15) is 69.4 Å². The molecule has 65 heavy (non-hydrogen) atoms. The highest BCUT2D eigenvalue weighted by Gasteiger charge is 2.47. The molecule has 0 radical (unpaired) electrons. The maximum atomic E-state index is 7.33. The largest absolute Gasteiger partial charge is 0.468 e. The molecule has 0 fully saturated rings. The third-order valence-corrected chi connectivity index (χ3v) is 13.9. The van der Waals surface area contributed by atoms with E-state index in [-0.39, 0.29) is 17.5 Å². The van der Waals surface area contributed by atoms with Gasteiger partial charge in [0.25, 0.3) is 6.71 Å². The smallest absolute Gasteiger partial charge is 0.297 e. The molecule has 0 saturated heterocycles. The molecule has 7 aromatic carbocycles. The molecule has 10 aromatic rings. The fourth-order valence-corrected chi connectivity index (χ4v) is 10.7. The zero-order chi connectivity index (χ0) is 44.7. The molecule has 0 unspecified atom stereocenters. The number of benzene rings is 7. The van der Waals surface area contributed by atoms with Crippen LogP contribution in [0.15, 0.2) is 159 Å². The lowest BCUT2D eigenvalue weighted by molar-refractivity contribution is 0.589. The van der Waals surface area contributed by atoms with Gasteiger partial charge in [0.15, 0.2) is 0 Å². The van der Waals surface area contributed by atoms with Crippen LogP contribution in [0.2, 0.25) is 0 Å². The number of aryl methyl sites for hydroxylation is 3. The van der Waals surface area contributed by atoms with Gasteiger partial charge in [0.1, 0.15) is 16.7 Å². The van der Waals surface area contributed by atoms with Gasteiger partial charge in [-0.3, -0.25) is 0 Å². The number of hydrogen-bond donors (Lipinski definition) is 0. The summed E-state index contributed by atoms with van der Waals surface area (Å²) in [6, 6.07) is 48.9. The Hall–Kier alpha value is -7.18. The molecule has 0 aliphatic carbocycles. The second-order valence-corrected chi connectivity index (χ2v) is 20.4. The maximum absolute atomic E-state index is 7.33. The molecule has 12 rings (SSSR count). The Bertz CT molecular complexity index is 3570. The Morgan fingerprint density at radius 3 is 1.74 bits per heavy atom. The van der Waals surface area contributed by atoms with E-state index in [1.807, 2.05) is 36.8 Å². The van der Waals surface area contributed by atoms with E-state index in [4.69, 9.17) is 13.3 Å². The summed E-state index contributed by atoms with van der Waals surface area (Å²) in [7, 11) is 0. The van der Waals surface area contributed by atoms with E-state index in [0.29, 0.717) is 0 Å². The molecule has 318 valence electrons. The van der Waals surface area contributed by atoms with Gasteiger partial charge in [-0.25, -0.2) is 0 Å². The van der Waals surface area contributed by atoms with Crippen LogP contribution < -0.4 is 26.4 Å². The fraction of sp³-hybridized carbons (Fsp3) is 0.186. The van der Waals surface area contributed by atoms with Crippen LogP contribution in [0, 0.1) is 20.8 Å². The lowest BCUT2D eigenvalue weighted by Gasteiger charge is -2.43. The fourth-order valence-electron chi connectivity index (χ4n) is 10.7. The molecule has 6 heteroatoms. The minimum Gasteiger partial charge on any atom is -0.468 e. The number of para-hydroxylation sites is 2. The van der Waals surface area contributed by atoms with Crippen molar-refractivity contribution in [1.29, 1.82) is 0 Å². The molecule has 0 spiro atoms. The summed E-state index contributed by atoms with van der Waals surface area (Å²) in [5, 5.41) is 3.31. The molecule has 5 heterocycles. The summed E-state index contributed by atoms with van der Waals surface area (Å²) >= 11 is 0. The van der Waals surface area contributed by atoms with Crippen molar-refractivity contribution in [2.45, 2.75) is 73.1 Å². The van der Waals surface area contributed by atoms with Crippen LogP contribution in [0.25, 0.3) is 55.2 Å². The van der Waals surface area contributed by atoms with Gasteiger partial charge >= 0.3 is 0 Å². The summed E-state index contributed by atoms with van der Waals surface area (Å²) < 4.78 is 19.6. The van der Waals surface area contributed by atoms with E-state index in [0.717, 1.165) is 83.6 Å². The molecule has 0 N–H and O–H groups in total. The quantitative estimate of drug-likeness (QED) is 0.165. The number of rotatable bonds is 4. The van der Waals surface area contributed by atoms with Crippen molar-refractivity contribution in [3.05, 3.63) is 174 Å². The number of hydrogen-bond acceptors (Lipinski definition) is 5. The topological polar surface area (TPSA) is 45.9 Å². The van der Waals surface area contributed by atoms with Crippen LogP contribution in [0.4, 0.5) is 34.1 Å². The van der Waals surface area contributed by atoms with Gasteiger partial charge in [-0.1, -0.05) is 120 Å². The average Bonchev–Trinajstić information content (AvgIpc) is 4.01. The standard InChI is InChI=1S/C59H51BN2O3/c1-34-25-49-54-50(26-34)62(55-35(2)27-40(28-36(55)3)59(7,8)9)56-44-31-39(58(4,5)6)22-24-53(44)65-57(56)60(54)47-23-21-38(46-33-64-52-20-13-11-18-43(46)52)30-48(47)61(49)41-16-14-15-37(29-41)45-32-63-51-19-12-10-17-42(45)51/h10-33H,1-9H3. The molecular formula is C59H51BN2O3. The van der Waals surface area contributed by atoms with E-state index in [1.54, 1.807) is 0 Å². The third kappa shape index (κ3) is 5.99. The van der Waals surface area contributed by atoms with Crippen molar-refractivity contribution in [3.8, 4) is 22.3 Å². The van der Waals surface area contributed by atoms with Gasteiger partial charge in [0.2, 0.25) is 0 Å². The highest BCUT2D eigenvalue weighted by molar-refractivity contribution is 7.00. The molecule has 0 saturated carbocycles. The van der Waals surface area contributed by atoms with Gasteiger partial charge < -0.3 is 23.1 Å². The van der Waals surface area contributed by atoms with Gasteiger partial charge in [0, 0.05) is 50.0 Å². The Kier molecular flexibility index (Phi) is 8.44. The van der Waals surface area contributed by atoms with Crippen LogP contribution in [-0.2, 0) is 10.8 Å². The first-order valence-electron chi connectivity index (χ1n) is 22.8. The van der Waals surface area contributed by atoms with Gasteiger partial charge in [-0.2, -0.15) is 0 Å². The van der Waals surface area contributed by atoms with Crippen molar-refractivity contribution in [2.24, 2.45) is 0 Å². The first-order chi connectivity index (χ1) is 31.2. The van der Waals surface area contributed by atoms with Crippen LogP contribution in [0.3, 0.4) is 0 Å². The second-order valence-electron chi connectivity index (χ2n) is 20.4. The van der Waals surface area contributed by atoms with E-state index >= 15 is 0 Å². The van der Waals surface area contributed by atoms with Crippen molar-refractivity contribution in [1.82, 2.24) is 0 Å². The minimum absolute atomic E-state index is 0.00173. The SMILES string of the molecule is Cc1cc2c3c(c1)N(c1c(C)cc(C(C)(C)C)cc1C)c1c(oc4ccc(C(C)(C)C)cc14)B3c1ccc(-c3coc4ccccc34)cc1N2c1cccc(-c2coc3ccccc23)c1. The average molecular weight is 847 g/mol. The van der Waals surface area contributed by atoms with Gasteiger partial charge in [-0.15, -0.1) is 0 Å². The van der Waals surface area contributed by atoms with Gasteiger partial charge in [-0.05, 0) is 136 Å². The molecular weight excluding hydrogens is 795 g/mol. The normalized spacial score (nSPS) is 13.5. The van der Waals surface area contributed by atoms with Gasteiger partial charge in [0.05, 0.1) is 29.6 Å². The molecule has 2 aliphatic heterocycles. The van der Waals surface area contributed by atoms with Crippen molar-refractivity contribution < 1.29 is 13.3 Å². The van der Waals surface area contributed by atoms with E-state index in [2.05, 4.69) is 181 Å². The van der Waals surface area contributed by atoms with Crippen molar-refractivity contribution in [2.75, 3.05) is 9.80 Å².